The van der Waals surface area contributed by atoms with Crippen LogP contribution in [0.1, 0.15) is 16.2 Å². The maximum atomic E-state index is 13.8. The molecule has 1 heterocycles. The first-order chi connectivity index (χ1) is 13.0. The minimum atomic E-state index is -0.832. The van der Waals surface area contributed by atoms with E-state index in [2.05, 4.69) is 26.1 Å². The first-order valence-electron chi connectivity index (χ1n) is 7.69. The van der Waals surface area contributed by atoms with Crippen molar-refractivity contribution in [3.8, 4) is 22.9 Å². The van der Waals surface area contributed by atoms with Gasteiger partial charge in [0.25, 0.3) is 5.89 Å². The van der Waals surface area contributed by atoms with Crippen molar-refractivity contribution in [1.29, 1.82) is 0 Å². The third kappa shape index (κ3) is 4.25. The molecule has 7 nitrogen and oxygen atoms in total. The monoisotopic (exact) mass is 436 g/mol. The molecule has 27 heavy (non-hydrogen) atoms. The molecule has 0 radical (unpaired) electrons. The van der Waals surface area contributed by atoms with E-state index in [0.29, 0.717) is 21.5 Å². The molecule has 2 aromatic carbocycles. The van der Waals surface area contributed by atoms with Crippen molar-refractivity contribution < 1.29 is 27.9 Å². The van der Waals surface area contributed by atoms with Crippen LogP contribution in [0.2, 0.25) is 0 Å². The quantitative estimate of drug-likeness (QED) is 0.539. The number of methoxy groups -OCH3 is 2. The summed E-state index contributed by atoms with van der Waals surface area (Å²) in [6.07, 6.45) is 0. The van der Waals surface area contributed by atoms with E-state index in [4.69, 9.17) is 18.7 Å². The minimum Gasteiger partial charge on any atom is -0.497 e. The lowest BCUT2D eigenvalue weighted by Gasteiger charge is -2.07. The average molecular weight is 437 g/mol. The van der Waals surface area contributed by atoms with Gasteiger partial charge >= 0.3 is 5.97 Å². The highest BCUT2D eigenvalue weighted by Crippen LogP contribution is 2.31. The van der Waals surface area contributed by atoms with Crippen molar-refractivity contribution in [3.63, 3.8) is 0 Å². The van der Waals surface area contributed by atoms with Gasteiger partial charge in [-0.15, -0.1) is 0 Å². The standard InChI is InChI=1S/C18H14BrFN2O5/c1-24-11-4-6-13(15(8-11)25-2)17-21-16(27-22-17)9-26-18(23)12-5-3-10(19)7-14(12)20/h3-8H,9H2,1-2H3. The molecular weight excluding hydrogens is 423 g/mol. The van der Waals surface area contributed by atoms with Gasteiger partial charge in [0.15, 0.2) is 6.61 Å². The Bertz CT molecular complexity index is 976. The van der Waals surface area contributed by atoms with Crippen LogP contribution in [0.3, 0.4) is 0 Å². The topological polar surface area (TPSA) is 83.7 Å². The van der Waals surface area contributed by atoms with Crippen molar-refractivity contribution in [2.24, 2.45) is 0 Å². The Morgan fingerprint density at radius 2 is 2.00 bits per heavy atom. The molecule has 3 aromatic rings. The molecule has 0 amide bonds. The molecule has 0 fully saturated rings. The van der Waals surface area contributed by atoms with Crippen molar-refractivity contribution >= 4 is 21.9 Å². The summed E-state index contributed by atoms with van der Waals surface area (Å²) in [5, 5.41) is 3.85. The van der Waals surface area contributed by atoms with E-state index in [9.17, 15) is 9.18 Å². The Labute approximate surface area is 162 Å². The van der Waals surface area contributed by atoms with Crippen LogP contribution in [-0.2, 0) is 11.3 Å². The smallest absolute Gasteiger partial charge is 0.341 e. The fourth-order valence-corrected chi connectivity index (χ4v) is 2.60. The predicted molar refractivity (Wildman–Crippen MR) is 96.1 cm³/mol. The number of rotatable bonds is 6. The maximum absolute atomic E-state index is 13.8. The van der Waals surface area contributed by atoms with E-state index in [1.165, 1.54) is 19.2 Å². The fourth-order valence-electron chi connectivity index (χ4n) is 2.27. The van der Waals surface area contributed by atoms with Crippen LogP contribution in [0.25, 0.3) is 11.4 Å². The number of halogens is 2. The molecule has 0 aliphatic carbocycles. The summed E-state index contributed by atoms with van der Waals surface area (Å²) >= 11 is 3.12. The summed E-state index contributed by atoms with van der Waals surface area (Å²) < 4.78 is 34.9. The van der Waals surface area contributed by atoms with Gasteiger partial charge in [-0.1, -0.05) is 21.1 Å². The van der Waals surface area contributed by atoms with E-state index >= 15 is 0 Å². The molecule has 0 aliphatic rings. The molecule has 3 rings (SSSR count). The van der Waals surface area contributed by atoms with E-state index in [-0.39, 0.29) is 23.9 Å². The number of esters is 1. The number of hydrogen-bond acceptors (Lipinski definition) is 7. The van der Waals surface area contributed by atoms with Gasteiger partial charge in [0.1, 0.15) is 17.3 Å². The van der Waals surface area contributed by atoms with E-state index in [1.54, 1.807) is 31.4 Å². The lowest BCUT2D eigenvalue weighted by atomic mass is 10.2. The summed E-state index contributed by atoms with van der Waals surface area (Å²) in [5.74, 6) is -0.0881. The zero-order valence-electron chi connectivity index (χ0n) is 14.4. The second kappa shape index (κ2) is 8.17. The Balaban J connectivity index is 1.72. The van der Waals surface area contributed by atoms with E-state index in [1.807, 2.05) is 0 Å². The number of carbonyl (C=O) groups is 1. The summed E-state index contributed by atoms with van der Waals surface area (Å²) in [7, 11) is 3.05. The molecule has 0 aliphatic heterocycles. The first kappa shape index (κ1) is 18.8. The molecule has 0 saturated heterocycles. The van der Waals surface area contributed by atoms with Gasteiger partial charge in [-0.25, -0.2) is 9.18 Å². The van der Waals surface area contributed by atoms with Crippen molar-refractivity contribution in [2.75, 3.05) is 14.2 Å². The summed E-state index contributed by atoms with van der Waals surface area (Å²) in [6, 6.07) is 9.17. The Kier molecular flexibility index (Phi) is 5.70. The molecule has 1 aromatic heterocycles. The van der Waals surface area contributed by atoms with Crippen molar-refractivity contribution in [3.05, 3.63) is 58.1 Å². The molecule has 0 atom stereocenters. The van der Waals surface area contributed by atoms with Crippen molar-refractivity contribution in [1.82, 2.24) is 10.1 Å². The lowest BCUT2D eigenvalue weighted by Crippen LogP contribution is -2.07. The first-order valence-corrected chi connectivity index (χ1v) is 8.48. The predicted octanol–water partition coefficient (Wildman–Crippen LogP) is 4.01. The normalized spacial score (nSPS) is 10.5. The molecule has 140 valence electrons. The molecule has 0 N–H and O–H groups in total. The van der Waals surface area contributed by atoms with E-state index in [0.717, 1.165) is 0 Å². The van der Waals surface area contributed by atoms with Gasteiger partial charge in [-0.2, -0.15) is 4.98 Å². The van der Waals surface area contributed by atoms with Crippen LogP contribution in [0, 0.1) is 5.82 Å². The number of nitrogens with zero attached hydrogens (tertiary/aromatic N) is 2. The minimum absolute atomic E-state index is 0.0636. The largest absolute Gasteiger partial charge is 0.497 e. The molecule has 0 spiro atoms. The van der Waals surface area contributed by atoms with E-state index < -0.39 is 11.8 Å². The SMILES string of the molecule is COc1ccc(-c2noc(COC(=O)c3ccc(Br)cc3F)n2)c(OC)c1. The average Bonchev–Trinajstić information content (AvgIpc) is 3.14. The van der Waals surface area contributed by atoms with Crippen LogP contribution in [0.4, 0.5) is 4.39 Å². The Hall–Kier alpha value is -2.94. The van der Waals surface area contributed by atoms with Crippen LogP contribution in [0.5, 0.6) is 11.5 Å². The molecular formula is C18H14BrFN2O5. The number of aromatic nitrogens is 2. The second-order valence-corrected chi connectivity index (χ2v) is 6.19. The molecule has 9 heteroatoms. The Morgan fingerprint density at radius 3 is 2.70 bits per heavy atom. The third-order valence-corrected chi connectivity index (χ3v) is 4.09. The van der Waals surface area contributed by atoms with Gasteiger partial charge < -0.3 is 18.7 Å². The fraction of sp³-hybridized carbons (Fsp3) is 0.167. The third-order valence-electron chi connectivity index (χ3n) is 3.60. The van der Waals surface area contributed by atoms with Crippen LogP contribution in [-0.4, -0.2) is 30.3 Å². The van der Waals surface area contributed by atoms with Gasteiger partial charge in [0.05, 0.1) is 25.3 Å². The Morgan fingerprint density at radius 1 is 1.19 bits per heavy atom. The summed E-state index contributed by atoms with van der Waals surface area (Å²) in [6.45, 7) is -0.292. The number of benzene rings is 2. The maximum Gasteiger partial charge on any atom is 0.341 e. The second-order valence-electron chi connectivity index (χ2n) is 5.28. The summed E-state index contributed by atoms with van der Waals surface area (Å²) in [4.78, 5) is 16.2. The number of hydrogen-bond donors (Lipinski definition) is 0. The van der Waals surface area contributed by atoms with Crippen LogP contribution in [0.15, 0.2) is 45.4 Å². The van der Waals surface area contributed by atoms with Crippen LogP contribution < -0.4 is 9.47 Å². The van der Waals surface area contributed by atoms with Crippen molar-refractivity contribution in [2.45, 2.75) is 6.61 Å². The van der Waals surface area contributed by atoms with Gasteiger partial charge in [0, 0.05) is 10.5 Å². The van der Waals surface area contributed by atoms with Gasteiger partial charge in [-0.3, -0.25) is 0 Å². The van der Waals surface area contributed by atoms with Gasteiger partial charge in [-0.05, 0) is 30.3 Å². The number of ether oxygens (including phenoxy) is 3. The number of carbonyl (C=O) groups excluding carboxylic acids is 1. The summed E-state index contributed by atoms with van der Waals surface area (Å²) in [5.41, 5.74) is 0.397. The lowest BCUT2D eigenvalue weighted by molar-refractivity contribution is 0.0424. The molecule has 0 unspecified atom stereocenters. The van der Waals surface area contributed by atoms with Gasteiger partial charge in [0.2, 0.25) is 5.82 Å². The molecule has 0 saturated carbocycles. The zero-order chi connectivity index (χ0) is 19.4. The molecule has 0 bridgehead atoms. The highest BCUT2D eigenvalue weighted by molar-refractivity contribution is 9.10. The highest BCUT2D eigenvalue weighted by atomic mass is 79.9. The zero-order valence-corrected chi connectivity index (χ0v) is 15.9. The highest BCUT2D eigenvalue weighted by Gasteiger charge is 2.17. The van der Waals surface area contributed by atoms with Crippen LogP contribution >= 0.6 is 15.9 Å².